The molecule has 0 heterocycles. The number of hydrogen-bond donors (Lipinski definition) is 0. The minimum Gasteiger partial charge on any atom is -0.194 e. The molecule has 15 heavy (non-hydrogen) atoms. The average molecular weight is 223 g/mol. The maximum absolute atomic E-state index is 12.4. The molecule has 1 radical (unpaired) electrons. The highest BCUT2D eigenvalue weighted by Gasteiger charge is 2.09. The minimum atomic E-state index is -1.63. The van der Waals surface area contributed by atoms with Crippen molar-refractivity contribution in [3.05, 3.63) is 48.4 Å². The first-order chi connectivity index (χ1) is 7.20. The van der Waals surface area contributed by atoms with Crippen LogP contribution in [0.1, 0.15) is 5.56 Å². The Kier molecular flexibility index (Phi) is 2.91. The van der Waals surface area contributed by atoms with E-state index in [4.69, 9.17) is 0 Å². The third-order valence-electron chi connectivity index (χ3n) is 2.27. The van der Waals surface area contributed by atoms with E-state index in [0.29, 0.717) is 0 Å². The van der Waals surface area contributed by atoms with Crippen molar-refractivity contribution < 1.29 is 8.78 Å². The minimum absolute atomic E-state index is 0.000554. The highest BCUT2D eigenvalue weighted by Crippen LogP contribution is 2.26. The molecule has 0 fully saturated rings. The van der Waals surface area contributed by atoms with Gasteiger partial charge in [0.2, 0.25) is 0 Å². The largest absolute Gasteiger partial charge is 0.339 e. The Morgan fingerprint density at radius 3 is 2.33 bits per heavy atom. The quantitative estimate of drug-likeness (QED) is 0.682. The van der Waals surface area contributed by atoms with Crippen LogP contribution < -0.4 is 0 Å². The lowest BCUT2D eigenvalue weighted by atomic mass is 10.1. The second-order valence-electron chi connectivity index (χ2n) is 3.19. The molecular formula is C12H9F2S. The van der Waals surface area contributed by atoms with Crippen LogP contribution in [0.5, 0.6) is 0 Å². The Hall–Kier alpha value is -1.09. The lowest BCUT2D eigenvalue weighted by Crippen LogP contribution is -1.84. The summed E-state index contributed by atoms with van der Waals surface area (Å²) in [7, 11) is 0. The zero-order valence-corrected chi connectivity index (χ0v) is 8.94. The molecule has 2 aromatic rings. The third kappa shape index (κ3) is 2.12. The number of fused-ring (bicyclic) bond motifs is 1. The maximum Gasteiger partial charge on any atom is 0.339 e. The van der Waals surface area contributed by atoms with Crippen LogP contribution in [0.15, 0.2) is 41.3 Å². The van der Waals surface area contributed by atoms with Gasteiger partial charge in [0.25, 0.3) is 0 Å². The summed E-state index contributed by atoms with van der Waals surface area (Å²) in [5.41, 5.74) is -0.000554. The molecule has 0 unspecified atom stereocenters. The number of rotatable bonds is 2. The normalized spacial score (nSPS) is 11.2. The fourth-order valence-electron chi connectivity index (χ4n) is 1.47. The van der Waals surface area contributed by atoms with Gasteiger partial charge in [0.1, 0.15) is 0 Å². The summed E-state index contributed by atoms with van der Waals surface area (Å²) in [6, 6.07) is 10.5. The number of halogens is 2. The van der Waals surface area contributed by atoms with Gasteiger partial charge in [0, 0.05) is 10.5 Å². The summed E-state index contributed by atoms with van der Waals surface area (Å²) in [6.07, 6.45) is 0.357. The van der Waals surface area contributed by atoms with Crippen LogP contribution in [-0.4, -0.2) is 6.26 Å². The van der Waals surface area contributed by atoms with E-state index >= 15 is 0 Å². The summed E-state index contributed by atoms with van der Waals surface area (Å²) < 4.78 is 24.7. The first-order valence-electron chi connectivity index (χ1n) is 4.47. The van der Waals surface area contributed by atoms with E-state index in [1.54, 1.807) is 17.8 Å². The number of hydrogen-bond acceptors (Lipinski definition) is 1. The van der Waals surface area contributed by atoms with Crippen LogP contribution in [0.25, 0.3) is 10.8 Å². The second-order valence-corrected chi connectivity index (χ2v) is 4.07. The van der Waals surface area contributed by atoms with Gasteiger partial charge in [-0.2, -0.15) is 8.78 Å². The molecule has 2 aromatic carbocycles. The molecule has 0 nitrogen and oxygen atoms in total. The molecule has 0 saturated carbocycles. The molecule has 0 bridgehead atoms. The third-order valence-corrected chi connectivity index (χ3v) is 2.99. The van der Waals surface area contributed by atoms with Crippen molar-refractivity contribution in [1.82, 2.24) is 0 Å². The van der Waals surface area contributed by atoms with E-state index in [-0.39, 0.29) is 5.56 Å². The van der Waals surface area contributed by atoms with Gasteiger partial charge in [0.15, 0.2) is 0 Å². The van der Waals surface area contributed by atoms with Gasteiger partial charge < -0.3 is 0 Å². The Morgan fingerprint density at radius 2 is 1.67 bits per heavy atom. The van der Waals surface area contributed by atoms with Crippen LogP contribution >= 0.6 is 11.8 Å². The molecule has 0 aliphatic rings. The lowest BCUT2D eigenvalue weighted by molar-refractivity contribution is 0.325. The Labute approximate surface area is 91.3 Å². The van der Waals surface area contributed by atoms with Crippen molar-refractivity contribution in [2.75, 3.05) is 6.26 Å². The van der Waals surface area contributed by atoms with Gasteiger partial charge in [-0.05, 0) is 35.2 Å². The Balaban J connectivity index is 2.55. The first kappa shape index (κ1) is 10.4. The monoisotopic (exact) mass is 223 g/mol. The Bertz CT molecular complexity index is 480. The van der Waals surface area contributed by atoms with Gasteiger partial charge in [-0.15, -0.1) is 11.8 Å². The van der Waals surface area contributed by atoms with Crippen molar-refractivity contribution in [3.63, 3.8) is 0 Å². The van der Waals surface area contributed by atoms with Gasteiger partial charge in [0.05, 0.1) is 0 Å². The predicted octanol–water partition coefficient (Wildman–Crippen LogP) is 4.34. The molecule has 0 saturated heterocycles. The summed E-state index contributed by atoms with van der Waals surface area (Å²) in [5.74, 6) is 0. The van der Waals surface area contributed by atoms with Crippen molar-refractivity contribution >= 4 is 22.5 Å². The topological polar surface area (TPSA) is 0 Å². The number of thioether (sulfide) groups is 1. The highest BCUT2D eigenvalue weighted by molar-refractivity contribution is 7.98. The molecule has 0 spiro atoms. The van der Waals surface area contributed by atoms with Crippen molar-refractivity contribution in [1.29, 1.82) is 0 Å². The fraction of sp³-hybridized carbons (Fsp3) is 0.0833. The van der Waals surface area contributed by atoms with Gasteiger partial charge >= 0.3 is 6.43 Å². The van der Waals surface area contributed by atoms with E-state index in [1.807, 2.05) is 24.5 Å². The molecule has 0 amide bonds. The second kappa shape index (κ2) is 4.19. The van der Waals surface area contributed by atoms with Crippen molar-refractivity contribution in [2.45, 2.75) is 4.90 Å². The molecule has 0 aliphatic carbocycles. The van der Waals surface area contributed by atoms with Gasteiger partial charge in [-0.3, -0.25) is 0 Å². The molecular weight excluding hydrogens is 214 g/mol. The predicted molar refractivity (Wildman–Crippen MR) is 60.3 cm³/mol. The summed E-state index contributed by atoms with van der Waals surface area (Å²) in [4.78, 5) is 1.14. The first-order valence-corrected chi connectivity index (χ1v) is 5.69. The highest BCUT2D eigenvalue weighted by atomic mass is 32.2. The molecule has 2 rings (SSSR count). The molecule has 3 heteroatoms. The summed E-state index contributed by atoms with van der Waals surface area (Å²) in [6.45, 7) is 0. The fourth-order valence-corrected chi connectivity index (χ4v) is 1.92. The van der Waals surface area contributed by atoms with E-state index < -0.39 is 6.43 Å². The van der Waals surface area contributed by atoms with Crippen LogP contribution in [0, 0.1) is 6.43 Å². The molecule has 0 N–H and O–H groups in total. The van der Waals surface area contributed by atoms with Crippen LogP contribution in [0.3, 0.4) is 0 Å². The summed E-state index contributed by atoms with van der Waals surface area (Å²) >= 11 is 1.64. The van der Waals surface area contributed by atoms with E-state index in [0.717, 1.165) is 15.7 Å². The average Bonchev–Trinajstić information content (AvgIpc) is 2.27. The van der Waals surface area contributed by atoms with E-state index in [2.05, 4.69) is 0 Å². The van der Waals surface area contributed by atoms with Crippen LogP contribution in [-0.2, 0) is 0 Å². The molecule has 77 valence electrons. The van der Waals surface area contributed by atoms with Crippen molar-refractivity contribution in [2.24, 2.45) is 0 Å². The molecule has 0 atom stereocenters. The molecule has 0 aromatic heterocycles. The van der Waals surface area contributed by atoms with Gasteiger partial charge in [-0.1, -0.05) is 18.2 Å². The zero-order chi connectivity index (χ0) is 10.8. The van der Waals surface area contributed by atoms with E-state index in [1.165, 1.54) is 12.1 Å². The SMILES string of the molecule is CSc1ccc2cc([C](F)F)ccc2c1. The summed E-state index contributed by atoms with van der Waals surface area (Å²) in [5, 5.41) is 1.84. The van der Waals surface area contributed by atoms with E-state index in [9.17, 15) is 8.78 Å². The Morgan fingerprint density at radius 1 is 1.00 bits per heavy atom. The van der Waals surface area contributed by atoms with Gasteiger partial charge in [-0.25, -0.2) is 0 Å². The number of benzene rings is 2. The molecule has 0 aliphatic heterocycles. The zero-order valence-electron chi connectivity index (χ0n) is 8.13. The van der Waals surface area contributed by atoms with Crippen LogP contribution in [0.4, 0.5) is 8.78 Å². The maximum atomic E-state index is 12.4. The smallest absolute Gasteiger partial charge is 0.194 e. The van der Waals surface area contributed by atoms with Crippen molar-refractivity contribution in [3.8, 4) is 0 Å². The standard InChI is InChI=1S/C12H9F2S/c1-15-11-5-4-8-6-10(12(13)14)3-2-9(8)7-11/h2-7H,1H3. The van der Waals surface area contributed by atoms with Crippen LogP contribution in [0.2, 0.25) is 0 Å². The lowest BCUT2D eigenvalue weighted by Gasteiger charge is -2.03.